The molecule has 0 fully saturated rings. The minimum atomic E-state index is 0.409. The van der Waals surface area contributed by atoms with E-state index in [9.17, 15) is 0 Å². The summed E-state index contributed by atoms with van der Waals surface area (Å²) in [5.74, 6) is 0.795. The zero-order valence-electron chi connectivity index (χ0n) is 15.6. The Bertz CT molecular complexity index is 965. The van der Waals surface area contributed by atoms with Crippen LogP contribution in [0.1, 0.15) is 25.0 Å². The molecule has 0 saturated carbocycles. The predicted molar refractivity (Wildman–Crippen MR) is 112 cm³/mol. The van der Waals surface area contributed by atoms with Gasteiger partial charge in [0.1, 0.15) is 5.75 Å². The fourth-order valence-electron chi connectivity index (χ4n) is 2.41. The molecule has 0 spiro atoms. The number of hydrogen-bond donors (Lipinski definition) is 0. The molecule has 2 aromatic carbocycles. The summed E-state index contributed by atoms with van der Waals surface area (Å²) >= 11 is 7.64. The van der Waals surface area contributed by atoms with Gasteiger partial charge in [-0.05, 0) is 63.1 Å². The summed E-state index contributed by atoms with van der Waals surface area (Å²) in [5, 5.41) is 2.22. The highest BCUT2D eigenvalue weighted by atomic mass is 35.5. The van der Waals surface area contributed by atoms with Crippen LogP contribution < -0.4 is 4.74 Å². The van der Waals surface area contributed by atoms with Crippen molar-refractivity contribution < 1.29 is 4.74 Å². The van der Waals surface area contributed by atoms with E-state index in [0.29, 0.717) is 16.1 Å². The summed E-state index contributed by atoms with van der Waals surface area (Å²) in [5.41, 5.74) is 3.86. The Morgan fingerprint density at radius 2 is 2.00 bits per heavy atom. The lowest BCUT2D eigenvalue weighted by atomic mass is 10.1. The normalized spacial score (nSPS) is 11.7. The number of rotatable bonds is 5. The first kappa shape index (κ1) is 18.7. The molecule has 4 nitrogen and oxygen atoms in total. The van der Waals surface area contributed by atoms with Gasteiger partial charge in [0.2, 0.25) is 5.06 Å². The maximum absolute atomic E-state index is 6.33. The van der Waals surface area contributed by atoms with E-state index in [2.05, 4.69) is 28.1 Å². The molecule has 1 aromatic heterocycles. The number of ether oxygens (including phenoxy) is 1. The minimum absolute atomic E-state index is 0.409. The topological polar surface area (TPSA) is 37.7 Å². The Hall–Kier alpha value is -2.11. The van der Waals surface area contributed by atoms with Crippen LogP contribution in [-0.4, -0.2) is 28.7 Å². The lowest BCUT2D eigenvalue weighted by Gasteiger charge is -2.17. The Morgan fingerprint density at radius 1 is 1.23 bits per heavy atom. The number of benzene rings is 2. The van der Waals surface area contributed by atoms with Crippen LogP contribution in [0.4, 0.5) is 5.69 Å². The molecule has 0 aliphatic carbocycles. The molecule has 0 radical (unpaired) electrons. The number of halogens is 1. The van der Waals surface area contributed by atoms with Crippen molar-refractivity contribution in [2.75, 3.05) is 7.05 Å². The Labute approximate surface area is 163 Å². The van der Waals surface area contributed by atoms with Crippen LogP contribution in [-0.2, 0) is 0 Å². The van der Waals surface area contributed by atoms with E-state index >= 15 is 0 Å². The average molecular weight is 388 g/mol. The maximum atomic E-state index is 6.33. The monoisotopic (exact) mass is 387 g/mol. The fourth-order valence-corrected chi connectivity index (χ4v) is 3.48. The van der Waals surface area contributed by atoms with E-state index in [1.807, 2.05) is 57.6 Å². The second kappa shape index (κ2) is 7.64. The molecule has 136 valence electrons. The van der Waals surface area contributed by atoms with Gasteiger partial charge < -0.3 is 9.64 Å². The van der Waals surface area contributed by atoms with Gasteiger partial charge >= 0.3 is 0 Å². The predicted octanol–water partition coefficient (Wildman–Crippen LogP) is 6.36. The number of aryl methyl sites for hydroxylation is 2. The Balaban J connectivity index is 1.91. The third kappa shape index (κ3) is 3.84. The SMILES string of the molecule is Cc1cc(Oc2snc3cccc(Cl)c23)c(C)cc1N=CN(C)C(C)C. The molecule has 3 rings (SSSR count). The first-order valence-corrected chi connectivity index (χ1v) is 9.61. The van der Waals surface area contributed by atoms with Gasteiger partial charge in [0, 0.05) is 24.6 Å². The van der Waals surface area contributed by atoms with Gasteiger partial charge in [-0.1, -0.05) is 17.7 Å². The molecule has 26 heavy (non-hydrogen) atoms. The largest absolute Gasteiger partial charge is 0.444 e. The van der Waals surface area contributed by atoms with Gasteiger partial charge in [0.25, 0.3) is 0 Å². The maximum Gasteiger partial charge on any atom is 0.209 e. The molecule has 0 aliphatic rings. The second-order valence-corrected chi connectivity index (χ2v) is 7.76. The highest BCUT2D eigenvalue weighted by Gasteiger charge is 2.14. The first-order valence-electron chi connectivity index (χ1n) is 8.46. The van der Waals surface area contributed by atoms with E-state index < -0.39 is 0 Å². The molecule has 0 amide bonds. The van der Waals surface area contributed by atoms with Crippen molar-refractivity contribution in [2.24, 2.45) is 4.99 Å². The van der Waals surface area contributed by atoms with E-state index in [1.54, 1.807) is 0 Å². The van der Waals surface area contributed by atoms with E-state index in [0.717, 1.165) is 33.5 Å². The lowest BCUT2D eigenvalue weighted by molar-refractivity contribution is 0.429. The average Bonchev–Trinajstić information content (AvgIpc) is 3.00. The molecule has 0 unspecified atom stereocenters. The molecular weight excluding hydrogens is 366 g/mol. The number of fused-ring (bicyclic) bond motifs is 1. The Morgan fingerprint density at radius 3 is 2.73 bits per heavy atom. The van der Waals surface area contributed by atoms with Crippen molar-refractivity contribution in [1.82, 2.24) is 9.27 Å². The second-order valence-electron chi connectivity index (χ2n) is 6.61. The summed E-state index contributed by atoms with van der Waals surface area (Å²) in [6, 6.07) is 10.1. The molecule has 1 heterocycles. The van der Waals surface area contributed by atoms with E-state index in [-0.39, 0.29) is 0 Å². The zero-order chi connectivity index (χ0) is 18.8. The number of nitrogens with zero attached hydrogens (tertiary/aromatic N) is 3. The van der Waals surface area contributed by atoms with E-state index in [4.69, 9.17) is 16.3 Å². The molecule has 3 aromatic rings. The van der Waals surface area contributed by atoms with Crippen LogP contribution in [0.25, 0.3) is 10.9 Å². The van der Waals surface area contributed by atoms with Crippen molar-refractivity contribution in [2.45, 2.75) is 33.7 Å². The summed E-state index contributed by atoms with van der Waals surface area (Å²) in [6.07, 6.45) is 1.86. The molecule has 0 bridgehead atoms. The molecule has 0 aliphatic heterocycles. The molecule has 0 atom stereocenters. The molecule has 0 saturated heterocycles. The third-order valence-corrected chi connectivity index (χ3v) is 5.37. The van der Waals surface area contributed by atoms with Crippen LogP contribution in [0.5, 0.6) is 10.8 Å². The summed E-state index contributed by atoms with van der Waals surface area (Å²) in [7, 11) is 2.02. The van der Waals surface area contributed by atoms with Gasteiger partial charge in [-0.15, -0.1) is 0 Å². The Kier molecular flexibility index (Phi) is 5.49. The number of aliphatic imine (C=N–C) groups is 1. The lowest BCUT2D eigenvalue weighted by Crippen LogP contribution is -2.24. The van der Waals surface area contributed by atoms with Gasteiger partial charge in [-0.3, -0.25) is 0 Å². The summed E-state index contributed by atoms with van der Waals surface area (Å²) in [4.78, 5) is 6.68. The van der Waals surface area contributed by atoms with Crippen molar-refractivity contribution >= 4 is 46.1 Å². The molecule has 0 N–H and O–H groups in total. The van der Waals surface area contributed by atoms with Gasteiger partial charge in [-0.25, -0.2) is 4.99 Å². The van der Waals surface area contributed by atoms with Crippen LogP contribution >= 0.6 is 23.1 Å². The summed E-state index contributed by atoms with van der Waals surface area (Å²) in [6.45, 7) is 8.31. The van der Waals surface area contributed by atoms with Gasteiger partial charge in [0.15, 0.2) is 0 Å². The van der Waals surface area contributed by atoms with Crippen molar-refractivity contribution in [3.8, 4) is 10.8 Å². The minimum Gasteiger partial charge on any atom is -0.444 e. The van der Waals surface area contributed by atoms with Crippen molar-refractivity contribution in [3.05, 3.63) is 46.5 Å². The molecule has 6 heteroatoms. The first-order chi connectivity index (χ1) is 12.4. The van der Waals surface area contributed by atoms with Crippen LogP contribution in [0, 0.1) is 13.8 Å². The smallest absolute Gasteiger partial charge is 0.209 e. The van der Waals surface area contributed by atoms with Crippen LogP contribution in [0.3, 0.4) is 0 Å². The standard InChI is InChI=1S/C20H22ClN3OS/c1-12(2)24(5)11-22-17-9-14(4)18(10-13(17)3)25-20-19-15(21)7-6-8-16(19)23-26-20/h6-12H,1-5H3. The third-order valence-electron chi connectivity index (χ3n) is 4.31. The zero-order valence-corrected chi connectivity index (χ0v) is 17.1. The quantitative estimate of drug-likeness (QED) is 0.377. The summed E-state index contributed by atoms with van der Waals surface area (Å²) < 4.78 is 10.6. The van der Waals surface area contributed by atoms with Crippen LogP contribution in [0.15, 0.2) is 35.3 Å². The van der Waals surface area contributed by atoms with Gasteiger partial charge in [0.05, 0.1) is 28.0 Å². The highest BCUT2D eigenvalue weighted by molar-refractivity contribution is 7.09. The van der Waals surface area contributed by atoms with E-state index in [1.165, 1.54) is 11.5 Å². The molecular formula is C20H22ClN3OS. The highest BCUT2D eigenvalue weighted by Crippen LogP contribution is 2.40. The van der Waals surface area contributed by atoms with Gasteiger partial charge in [-0.2, -0.15) is 4.37 Å². The number of aromatic nitrogens is 1. The number of hydrogen-bond acceptors (Lipinski definition) is 4. The fraction of sp³-hybridized carbons (Fsp3) is 0.300. The van der Waals surface area contributed by atoms with Crippen molar-refractivity contribution in [3.63, 3.8) is 0 Å². The van der Waals surface area contributed by atoms with Crippen LogP contribution in [0.2, 0.25) is 5.02 Å². The van der Waals surface area contributed by atoms with Crippen molar-refractivity contribution in [1.29, 1.82) is 0 Å².